The molecule has 0 aliphatic heterocycles. The number of nitrogens with zero attached hydrogens (tertiary/aromatic N) is 3. The summed E-state index contributed by atoms with van der Waals surface area (Å²) in [5.74, 6) is 2.00. The second kappa shape index (κ2) is 5.28. The van der Waals surface area contributed by atoms with Crippen LogP contribution in [0.4, 0.5) is 0 Å². The standard InChI is InChI=1S/C15H16N4O/c1-10(8-11-9-12(20-2)5-7-16-11)14-18-13-4-3-6-17-15(13)19-14/h3-7,9-10H,8H2,1-2H3,(H,17,18,19). The predicted molar refractivity (Wildman–Crippen MR) is 76.8 cm³/mol. The molecule has 3 aromatic heterocycles. The number of hydrogen-bond donors (Lipinski definition) is 1. The van der Waals surface area contributed by atoms with Crippen molar-refractivity contribution >= 4 is 11.2 Å². The maximum Gasteiger partial charge on any atom is 0.177 e. The van der Waals surface area contributed by atoms with Crippen LogP contribution in [0.3, 0.4) is 0 Å². The van der Waals surface area contributed by atoms with Crippen LogP contribution in [0.5, 0.6) is 5.75 Å². The van der Waals surface area contributed by atoms with Crippen molar-refractivity contribution < 1.29 is 4.74 Å². The molecule has 1 N–H and O–H groups in total. The van der Waals surface area contributed by atoms with Crippen LogP contribution in [0.2, 0.25) is 0 Å². The molecule has 3 aromatic rings. The Hall–Kier alpha value is -2.43. The summed E-state index contributed by atoms with van der Waals surface area (Å²) in [6.45, 7) is 2.12. The van der Waals surface area contributed by atoms with Crippen LogP contribution in [0.15, 0.2) is 36.7 Å². The molecule has 0 aliphatic carbocycles. The van der Waals surface area contributed by atoms with Crippen LogP contribution in [0.25, 0.3) is 11.2 Å². The van der Waals surface area contributed by atoms with Gasteiger partial charge in [-0.25, -0.2) is 9.97 Å². The van der Waals surface area contributed by atoms with Gasteiger partial charge < -0.3 is 9.72 Å². The molecule has 0 saturated carbocycles. The maximum atomic E-state index is 5.22. The number of pyridine rings is 2. The van der Waals surface area contributed by atoms with Crippen molar-refractivity contribution in [2.75, 3.05) is 7.11 Å². The third-order valence-electron chi connectivity index (χ3n) is 3.28. The van der Waals surface area contributed by atoms with Crippen molar-refractivity contribution in [1.82, 2.24) is 19.9 Å². The minimum Gasteiger partial charge on any atom is -0.497 e. The average molecular weight is 268 g/mol. The van der Waals surface area contributed by atoms with Crippen LogP contribution in [0, 0.1) is 0 Å². The highest BCUT2D eigenvalue weighted by molar-refractivity contribution is 5.70. The van der Waals surface area contributed by atoms with E-state index in [1.165, 1.54) is 0 Å². The fraction of sp³-hybridized carbons (Fsp3) is 0.267. The summed E-state index contributed by atoms with van der Waals surface area (Å²) in [5, 5.41) is 0. The minimum absolute atomic E-state index is 0.240. The molecule has 0 aromatic carbocycles. The van der Waals surface area contributed by atoms with E-state index in [0.29, 0.717) is 0 Å². The van der Waals surface area contributed by atoms with E-state index < -0.39 is 0 Å². The van der Waals surface area contributed by atoms with E-state index in [1.54, 1.807) is 19.5 Å². The van der Waals surface area contributed by atoms with E-state index >= 15 is 0 Å². The summed E-state index contributed by atoms with van der Waals surface area (Å²) in [5.41, 5.74) is 2.71. The lowest BCUT2D eigenvalue weighted by molar-refractivity contribution is 0.413. The number of aromatic nitrogens is 4. The summed E-state index contributed by atoms with van der Waals surface area (Å²) in [4.78, 5) is 16.4. The Kier molecular flexibility index (Phi) is 3.33. The highest BCUT2D eigenvalue weighted by Crippen LogP contribution is 2.21. The first-order chi connectivity index (χ1) is 9.76. The van der Waals surface area contributed by atoms with Gasteiger partial charge >= 0.3 is 0 Å². The van der Waals surface area contributed by atoms with Crippen molar-refractivity contribution in [2.24, 2.45) is 0 Å². The summed E-state index contributed by atoms with van der Waals surface area (Å²) in [6.07, 6.45) is 4.32. The van der Waals surface area contributed by atoms with E-state index in [1.807, 2.05) is 24.3 Å². The fourth-order valence-corrected chi connectivity index (χ4v) is 2.20. The smallest absolute Gasteiger partial charge is 0.177 e. The molecule has 0 amide bonds. The van der Waals surface area contributed by atoms with Crippen LogP contribution >= 0.6 is 0 Å². The fourth-order valence-electron chi connectivity index (χ4n) is 2.20. The van der Waals surface area contributed by atoms with Crippen LogP contribution in [0.1, 0.15) is 24.4 Å². The molecule has 20 heavy (non-hydrogen) atoms. The van der Waals surface area contributed by atoms with E-state index in [2.05, 4.69) is 26.9 Å². The minimum atomic E-state index is 0.240. The molecule has 0 aliphatic rings. The zero-order valence-corrected chi connectivity index (χ0v) is 11.5. The third-order valence-corrected chi connectivity index (χ3v) is 3.28. The molecule has 1 unspecified atom stereocenters. The Morgan fingerprint density at radius 2 is 2.15 bits per heavy atom. The molecule has 0 fully saturated rings. The number of rotatable bonds is 4. The first-order valence-corrected chi connectivity index (χ1v) is 6.56. The topological polar surface area (TPSA) is 63.7 Å². The molecule has 0 bridgehead atoms. The highest BCUT2D eigenvalue weighted by Gasteiger charge is 2.13. The van der Waals surface area contributed by atoms with E-state index in [9.17, 15) is 0 Å². The van der Waals surface area contributed by atoms with Gasteiger partial charge in [0.05, 0.1) is 12.6 Å². The van der Waals surface area contributed by atoms with Crippen LogP contribution in [-0.4, -0.2) is 27.0 Å². The SMILES string of the molecule is COc1ccnc(CC(C)c2nc3ncccc3[nH]2)c1. The number of methoxy groups -OCH3 is 1. The Bertz CT molecular complexity index is 689. The third kappa shape index (κ3) is 2.47. The van der Waals surface area contributed by atoms with Gasteiger partial charge in [0, 0.05) is 30.1 Å². The highest BCUT2D eigenvalue weighted by atomic mass is 16.5. The van der Waals surface area contributed by atoms with Crippen LogP contribution < -0.4 is 4.74 Å². The van der Waals surface area contributed by atoms with Gasteiger partial charge in [0.1, 0.15) is 11.6 Å². The van der Waals surface area contributed by atoms with Crippen LogP contribution in [-0.2, 0) is 6.42 Å². The van der Waals surface area contributed by atoms with Gasteiger partial charge in [0.25, 0.3) is 0 Å². The second-order valence-corrected chi connectivity index (χ2v) is 4.79. The summed E-state index contributed by atoms with van der Waals surface area (Å²) < 4.78 is 5.22. The number of H-pyrrole nitrogens is 1. The van der Waals surface area contributed by atoms with Gasteiger partial charge in [-0.15, -0.1) is 0 Å². The van der Waals surface area contributed by atoms with Gasteiger partial charge in [-0.3, -0.25) is 4.98 Å². The van der Waals surface area contributed by atoms with E-state index in [4.69, 9.17) is 4.74 Å². The first-order valence-electron chi connectivity index (χ1n) is 6.56. The molecule has 102 valence electrons. The lowest BCUT2D eigenvalue weighted by atomic mass is 10.0. The molecule has 5 heteroatoms. The monoisotopic (exact) mass is 268 g/mol. The molecule has 3 rings (SSSR count). The molecule has 3 heterocycles. The van der Waals surface area contributed by atoms with Crippen molar-refractivity contribution in [3.63, 3.8) is 0 Å². The maximum absolute atomic E-state index is 5.22. The zero-order valence-electron chi connectivity index (χ0n) is 11.5. The molecule has 0 spiro atoms. The molecule has 0 saturated heterocycles. The molecular formula is C15H16N4O. The van der Waals surface area contributed by atoms with Gasteiger partial charge in [-0.05, 0) is 24.6 Å². The number of aromatic amines is 1. The van der Waals surface area contributed by atoms with Gasteiger partial charge in [0.2, 0.25) is 0 Å². The van der Waals surface area contributed by atoms with Crippen molar-refractivity contribution in [3.8, 4) is 5.75 Å². The molecule has 5 nitrogen and oxygen atoms in total. The summed E-state index contributed by atoms with van der Waals surface area (Å²) in [7, 11) is 1.66. The average Bonchev–Trinajstić information content (AvgIpc) is 2.91. The first kappa shape index (κ1) is 12.6. The second-order valence-electron chi connectivity index (χ2n) is 4.79. The van der Waals surface area contributed by atoms with Crippen molar-refractivity contribution in [3.05, 3.63) is 48.2 Å². The largest absolute Gasteiger partial charge is 0.497 e. The Morgan fingerprint density at radius 3 is 2.95 bits per heavy atom. The van der Waals surface area contributed by atoms with Gasteiger partial charge in [-0.1, -0.05) is 6.92 Å². The van der Waals surface area contributed by atoms with Crippen molar-refractivity contribution in [1.29, 1.82) is 0 Å². The normalized spacial score (nSPS) is 12.5. The zero-order chi connectivity index (χ0) is 13.9. The van der Waals surface area contributed by atoms with Gasteiger partial charge in [0.15, 0.2) is 5.65 Å². The Balaban J connectivity index is 1.82. The predicted octanol–water partition coefficient (Wildman–Crippen LogP) is 2.71. The lowest BCUT2D eigenvalue weighted by Gasteiger charge is -2.08. The Morgan fingerprint density at radius 1 is 1.25 bits per heavy atom. The number of fused-ring (bicyclic) bond motifs is 1. The molecule has 1 atom stereocenters. The van der Waals surface area contributed by atoms with Crippen molar-refractivity contribution in [2.45, 2.75) is 19.3 Å². The number of nitrogens with one attached hydrogen (secondary N) is 1. The summed E-state index contributed by atoms with van der Waals surface area (Å²) in [6, 6.07) is 7.69. The Labute approximate surface area is 117 Å². The summed E-state index contributed by atoms with van der Waals surface area (Å²) >= 11 is 0. The number of imidazole rings is 1. The molecular weight excluding hydrogens is 252 g/mol. The molecule has 0 radical (unpaired) electrons. The number of ether oxygens (including phenoxy) is 1. The van der Waals surface area contributed by atoms with Gasteiger partial charge in [-0.2, -0.15) is 0 Å². The quantitative estimate of drug-likeness (QED) is 0.790. The number of hydrogen-bond acceptors (Lipinski definition) is 4. The van der Waals surface area contributed by atoms with E-state index in [0.717, 1.165) is 34.9 Å². The lowest BCUT2D eigenvalue weighted by Crippen LogP contribution is -2.02. The van der Waals surface area contributed by atoms with E-state index in [-0.39, 0.29) is 5.92 Å².